The molecule has 0 aliphatic heterocycles. The number of aliphatic hydroxyl groups excluding tert-OH is 1. The van der Waals surface area contributed by atoms with Crippen LogP contribution in [0.1, 0.15) is 25.8 Å². The van der Waals surface area contributed by atoms with Crippen molar-refractivity contribution < 1.29 is 5.11 Å². The van der Waals surface area contributed by atoms with E-state index in [1.807, 2.05) is 24.3 Å². The van der Waals surface area contributed by atoms with Crippen LogP contribution in [-0.4, -0.2) is 11.7 Å². The van der Waals surface area contributed by atoms with Crippen LogP contribution >= 0.6 is 0 Å². The third kappa shape index (κ3) is 3.38. The van der Waals surface area contributed by atoms with Crippen LogP contribution in [0.3, 0.4) is 0 Å². The molecule has 78 valence electrons. The van der Waals surface area contributed by atoms with E-state index in [4.69, 9.17) is 5.11 Å². The number of hydrogen-bond donors (Lipinski definition) is 2. The van der Waals surface area contributed by atoms with Crippen molar-refractivity contribution in [3.63, 3.8) is 0 Å². The van der Waals surface area contributed by atoms with Crippen molar-refractivity contribution in [3.05, 3.63) is 29.8 Å². The van der Waals surface area contributed by atoms with Crippen molar-refractivity contribution >= 4 is 5.69 Å². The maximum Gasteiger partial charge on any atom is 0.0682 e. The molecule has 0 aromatic heterocycles. The minimum Gasteiger partial charge on any atom is -0.392 e. The summed E-state index contributed by atoms with van der Waals surface area (Å²) in [6.07, 6.45) is 1.19. The third-order valence-corrected chi connectivity index (χ3v) is 2.46. The minimum atomic E-state index is 0.110. The number of anilines is 1. The second kappa shape index (κ2) is 5.66. The van der Waals surface area contributed by atoms with Crippen LogP contribution in [-0.2, 0) is 6.61 Å². The topological polar surface area (TPSA) is 32.3 Å². The Morgan fingerprint density at radius 3 is 2.86 bits per heavy atom. The molecule has 0 unspecified atom stereocenters. The molecule has 0 saturated carbocycles. The lowest BCUT2D eigenvalue weighted by Crippen LogP contribution is -2.10. The Kier molecular flexibility index (Phi) is 4.47. The Balaban J connectivity index is 2.50. The van der Waals surface area contributed by atoms with Crippen LogP contribution in [0.4, 0.5) is 5.69 Å². The van der Waals surface area contributed by atoms with E-state index in [-0.39, 0.29) is 6.61 Å². The zero-order chi connectivity index (χ0) is 10.4. The highest BCUT2D eigenvalue weighted by atomic mass is 16.3. The van der Waals surface area contributed by atoms with E-state index in [0.717, 1.165) is 17.8 Å². The summed E-state index contributed by atoms with van der Waals surface area (Å²) in [5, 5.41) is 12.3. The van der Waals surface area contributed by atoms with Gasteiger partial charge in [-0.25, -0.2) is 0 Å². The largest absolute Gasteiger partial charge is 0.392 e. The van der Waals surface area contributed by atoms with Crippen LogP contribution in [0.2, 0.25) is 0 Å². The molecular formula is C12H19NO. The molecule has 1 aromatic carbocycles. The molecule has 2 heteroatoms. The van der Waals surface area contributed by atoms with Gasteiger partial charge in [0.05, 0.1) is 6.61 Å². The SMILES string of the molecule is CC[C@H](C)CNc1cccc(CO)c1. The lowest BCUT2D eigenvalue weighted by Gasteiger charge is -2.11. The monoisotopic (exact) mass is 193 g/mol. The van der Waals surface area contributed by atoms with E-state index in [1.54, 1.807) is 0 Å². The van der Waals surface area contributed by atoms with E-state index in [0.29, 0.717) is 5.92 Å². The third-order valence-electron chi connectivity index (χ3n) is 2.46. The van der Waals surface area contributed by atoms with Crippen molar-refractivity contribution in [2.24, 2.45) is 5.92 Å². The number of rotatable bonds is 5. The molecule has 0 amide bonds. The van der Waals surface area contributed by atoms with Crippen molar-refractivity contribution in [1.29, 1.82) is 0 Å². The molecule has 0 saturated heterocycles. The molecule has 2 N–H and O–H groups in total. The lowest BCUT2D eigenvalue weighted by atomic mass is 10.1. The second-order valence-corrected chi connectivity index (χ2v) is 3.75. The van der Waals surface area contributed by atoms with Gasteiger partial charge >= 0.3 is 0 Å². The summed E-state index contributed by atoms with van der Waals surface area (Å²) in [4.78, 5) is 0. The average molecular weight is 193 g/mol. The van der Waals surface area contributed by atoms with Crippen LogP contribution in [0.15, 0.2) is 24.3 Å². The van der Waals surface area contributed by atoms with Crippen molar-refractivity contribution in [2.45, 2.75) is 26.9 Å². The smallest absolute Gasteiger partial charge is 0.0682 e. The molecule has 1 rings (SSSR count). The van der Waals surface area contributed by atoms with Crippen LogP contribution in [0.5, 0.6) is 0 Å². The van der Waals surface area contributed by atoms with Gasteiger partial charge in [0.25, 0.3) is 0 Å². The van der Waals surface area contributed by atoms with Gasteiger partial charge in [-0.1, -0.05) is 32.4 Å². The Bertz CT molecular complexity index is 273. The number of hydrogen-bond acceptors (Lipinski definition) is 2. The molecule has 14 heavy (non-hydrogen) atoms. The minimum absolute atomic E-state index is 0.110. The summed E-state index contributed by atoms with van der Waals surface area (Å²) in [7, 11) is 0. The zero-order valence-electron chi connectivity index (χ0n) is 8.96. The Labute approximate surface area is 86.0 Å². The first kappa shape index (κ1) is 11.1. The molecule has 2 nitrogen and oxygen atoms in total. The molecule has 1 aromatic rings. The van der Waals surface area contributed by atoms with Gasteiger partial charge in [-0.05, 0) is 23.6 Å². The maximum atomic E-state index is 8.96. The summed E-state index contributed by atoms with van der Waals surface area (Å²) >= 11 is 0. The van der Waals surface area contributed by atoms with Crippen LogP contribution in [0.25, 0.3) is 0 Å². The highest BCUT2D eigenvalue weighted by molar-refractivity contribution is 5.45. The maximum absolute atomic E-state index is 8.96. The van der Waals surface area contributed by atoms with Crippen molar-refractivity contribution in [2.75, 3.05) is 11.9 Å². The predicted octanol–water partition coefficient (Wildman–Crippen LogP) is 2.64. The van der Waals surface area contributed by atoms with E-state index in [9.17, 15) is 0 Å². The number of nitrogens with one attached hydrogen (secondary N) is 1. The fourth-order valence-corrected chi connectivity index (χ4v) is 1.22. The first-order valence-electron chi connectivity index (χ1n) is 5.20. The Hall–Kier alpha value is -1.02. The quantitative estimate of drug-likeness (QED) is 0.753. The summed E-state index contributed by atoms with van der Waals surface area (Å²) in [5.41, 5.74) is 2.05. The summed E-state index contributed by atoms with van der Waals surface area (Å²) in [5.74, 6) is 0.688. The van der Waals surface area contributed by atoms with Gasteiger partial charge in [0, 0.05) is 12.2 Å². The normalized spacial score (nSPS) is 12.5. The second-order valence-electron chi connectivity index (χ2n) is 3.75. The van der Waals surface area contributed by atoms with Gasteiger partial charge in [-0.15, -0.1) is 0 Å². The van der Waals surface area contributed by atoms with E-state index >= 15 is 0 Å². The number of aliphatic hydroxyl groups is 1. The van der Waals surface area contributed by atoms with Crippen LogP contribution < -0.4 is 5.32 Å². The van der Waals surface area contributed by atoms with E-state index in [1.165, 1.54) is 6.42 Å². The predicted molar refractivity (Wildman–Crippen MR) is 60.3 cm³/mol. The standard InChI is InChI=1S/C12H19NO/c1-3-10(2)8-13-12-6-4-5-11(7-12)9-14/h4-7,10,13-14H,3,8-9H2,1-2H3/t10-/m0/s1. The zero-order valence-corrected chi connectivity index (χ0v) is 8.96. The molecule has 1 atom stereocenters. The highest BCUT2D eigenvalue weighted by Crippen LogP contribution is 2.11. The summed E-state index contributed by atoms with van der Waals surface area (Å²) < 4.78 is 0. The van der Waals surface area contributed by atoms with Gasteiger partial charge in [-0.3, -0.25) is 0 Å². The molecule has 0 bridgehead atoms. The summed E-state index contributed by atoms with van der Waals surface area (Å²) in [6, 6.07) is 7.91. The molecular weight excluding hydrogens is 174 g/mol. The lowest BCUT2D eigenvalue weighted by molar-refractivity contribution is 0.282. The molecule has 0 spiro atoms. The fraction of sp³-hybridized carbons (Fsp3) is 0.500. The summed E-state index contributed by atoms with van der Waals surface area (Å²) in [6.45, 7) is 5.52. The molecule has 0 fully saturated rings. The van der Waals surface area contributed by atoms with Gasteiger partial charge < -0.3 is 10.4 Å². The Morgan fingerprint density at radius 2 is 2.21 bits per heavy atom. The fourth-order valence-electron chi connectivity index (χ4n) is 1.22. The van der Waals surface area contributed by atoms with Gasteiger partial charge in [-0.2, -0.15) is 0 Å². The molecule has 0 radical (unpaired) electrons. The Morgan fingerprint density at radius 1 is 1.43 bits per heavy atom. The van der Waals surface area contributed by atoms with Crippen molar-refractivity contribution in [1.82, 2.24) is 0 Å². The average Bonchev–Trinajstić information content (AvgIpc) is 2.26. The first-order chi connectivity index (χ1) is 6.76. The van der Waals surface area contributed by atoms with Gasteiger partial charge in [0.1, 0.15) is 0 Å². The number of benzene rings is 1. The molecule has 0 heterocycles. The highest BCUT2D eigenvalue weighted by Gasteiger charge is 1.98. The van der Waals surface area contributed by atoms with Crippen molar-refractivity contribution in [3.8, 4) is 0 Å². The van der Waals surface area contributed by atoms with E-state index < -0.39 is 0 Å². The van der Waals surface area contributed by atoms with Gasteiger partial charge in [0.15, 0.2) is 0 Å². The van der Waals surface area contributed by atoms with Gasteiger partial charge in [0.2, 0.25) is 0 Å². The molecule has 0 aliphatic carbocycles. The van der Waals surface area contributed by atoms with Crippen LogP contribution in [0, 0.1) is 5.92 Å². The first-order valence-corrected chi connectivity index (χ1v) is 5.20. The molecule has 0 aliphatic rings. The van der Waals surface area contributed by atoms with E-state index in [2.05, 4.69) is 19.2 Å².